The number of ether oxygens (including phenoxy) is 2. The highest BCUT2D eigenvalue weighted by Gasteiger charge is 2.36. The van der Waals surface area contributed by atoms with Crippen LogP contribution in [0.4, 0.5) is 4.39 Å². The van der Waals surface area contributed by atoms with E-state index in [2.05, 4.69) is 21.3 Å². The lowest BCUT2D eigenvalue weighted by atomic mass is 9.74. The first-order chi connectivity index (χ1) is 23.1. The van der Waals surface area contributed by atoms with Crippen LogP contribution in [-0.4, -0.2) is 93.0 Å². The number of amides is 5. The van der Waals surface area contributed by atoms with Crippen molar-refractivity contribution in [2.24, 2.45) is 0 Å². The maximum Gasteiger partial charge on any atom is 0.255 e. The highest BCUT2D eigenvalue weighted by Crippen LogP contribution is 2.34. The number of nitrogens with one attached hydrogen (secondary N) is 4. The van der Waals surface area contributed by atoms with Crippen LogP contribution in [0.2, 0.25) is 0 Å². The van der Waals surface area contributed by atoms with Gasteiger partial charge >= 0.3 is 0 Å². The van der Waals surface area contributed by atoms with Crippen LogP contribution < -0.4 is 26.0 Å². The Bertz CT molecular complexity index is 1450. The Kier molecular flexibility index (Phi) is 13.3. The number of para-hydroxylation sites is 1. The number of halogens is 1. The first kappa shape index (κ1) is 36.3. The molecule has 0 saturated carbocycles. The van der Waals surface area contributed by atoms with Crippen molar-refractivity contribution < 1.29 is 37.8 Å². The van der Waals surface area contributed by atoms with E-state index in [1.54, 1.807) is 44.3 Å². The van der Waals surface area contributed by atoms with E-state index in [0.717, 1.165) is 5.56 Å². The quantitative estimate of drug-likeness (QED) is 0.390. The number of rotatable bonds is 4. The fraction of sp³-hybridized carbons (Fsp3) is 0.514. The molecule has 2 aliphatic rings. The number of hydrogen-bond acceptors (Lipinski definition) is 7. The fourth-order valence-corrected chi connectivity index (χ4v) is 5.88. The van der Waals surface area contributed by atoms with Crippen molar-refractivity contribution in [2.75, 3.05) is 46.5 Å². The molecule has 260 valence electrons. The van der Waals surface area contributed by atoms with E-state index in [9.17, 15) is 28.4 Å². The van der Waals surface area contributed by atoms with E-state index in [-0.39, 0.29) is 73.8 Å². The maximum atomic E-state index is 14.2. The zero-order valence-corrected chi connectivity index (χ0v) is 27.6. The molecule has 1 saturated heterocycles. The number of carbonyl (C=O) groups is 5. The van der Waals surface area contributed by atoms with Gasteiger partial charge in [-0.15, -0.1) is 0 Å². The Morgan fingerprint density at radius 1 is 1.00 bits per heavy atom. The predicted octanol–water partition coefficient (Wildman–Crippen LogP) is 2.21. The van der Waals surface area contributed by atoms with Gasteiger partial charge in [-0.1, -0.05) is 24.3 Å². The molecule has 0 radical (unpaired) electrons. The highest BCUT2D eigenvalue weighted by molar-refractivity contribution is 5.99. The molecule has 2 heterocycles. The van der Waals surface area contributed by atoms with Crippen LogP contribution in [0.25, 0.3) is 0 Å². The second-order valence-corrected chi connectivity index (χ2v) is 12.5. The molecule has 0 spiro atoms. The van der Waals surface area contributed by atoms with E-state index in [1.165, 1.54) is 17.0 Å². The highest BCUT2D eigenvalue weighted by atomic mass is 19.1. The Morgan fingerprint density at radius 3 is 2.54 bits per heavy atom. The third kappa shape index (κ3) is 10.5. The van der Waals surface area contributed by atoms with Crippen molar-refractivity contribution in [1.82, 2.24) is 26.2 Å². The van der Waals surface area contributed by atoms with Gasteiger partial charge in [-0.25, -0.2) is 4.39 Å². The van der Waals surface area contributed by atoms with Crippen LogP contribution in [0, 0.1) is 5.82 Å². The van der Waals surface area contributed by atoms with Crippen molar-refractivity contribution in [3.8, 4) is 5.75 Å². The summed E-state index contributed by atoms with van der Waals surface area (Å²) < 4.78 is 25.7. The Hall–Kier alpha value is -4.52. The van der Waals surface area contributed by atoms with Crippen molar-refractivity contribution in [1.29, 1.82) is 0 Å². The van der Waals surface area contributed by atoms with E-state index in [4.69, 9.17) is 9.47 Å². The fourth-order valence-electron chi connectivity index (χ4n) is 5.88. The molecular weight excluding hydrogens is 621 g/mol. The zero-order chi connectivity index (χ0) is 34.5. The van der Waals surface area contributed by atoms with Crippen LogP contribution in [0.5, 0.6) is 5.75 Å². The minimum atomic E-state index is -1.07. The summed E-state index contributed by atoms with van der Waals surface area (Å²) in [6.45, 7) is 3.11. The number of carbonyl (C=O) groups excluding carboxylic acids is 5. The summed E-state index contributed by atoms with van der Waals surface area (Å²) >= 11 is 0. The van der Waals surface area contributed by atoms with Crippen molar-refractivity contribution in [3.05, 3.63) is 65.5 Å². The second kappa shape index (κ2) is 17.6. The number of fused-ring (bicyclic) bond motifs is 1. The van der Waals surface area contributed by atoms with Gasteiger partial charge < -0.3 is 35.6 Å². The summed E-state index contributed by atoms with van der Waals surface area (Å²) in [4.78, 5) is 66.5. The van der Waals surface area contributed by atoms with E-state index in [0.29, 0.717) is 45.4 Å². The second-order valence-electron chi connectivity index (χ2n) is 12.5. The summed E-state index contributed by atoms with van der Waals surface area (Å²) in [6.07, 6.45) is 2.43. The standard InChI is InChI=1S/C35H46FN5O7/c1-24-22-48-29-11-4-3-10-27(29)33(45)40-28(13-14-30(42)37-17-6-5-12-32(44)41(2)21-31(43)39-24)34(46)38-23-35(15-18-47-19-16-35)25-8-7-9-26(36)20-25/h3-4,7-11,20,24,28H,5-6,12-19,21-23H2,1-2H3,(H,37,42)(H,38,46)(H,39,43)(H,40,45)/t24-,28-/m0/s1. The third-order valence-electron chi connectivity index (χ3n) is 8.74. The summed E-state index contributed by atoms with van der Waals surface area (Å²) in [7, 11) is 1.56. The molecule has 2 aliphatic heterocycles. The average Bonchev–Trinajstić information content (AvgIpc) is 3.07. The van der Waals surface area contributed by atoms with E-state index >= 15 is 0 Å². The Balaban J connectivity index is 1.52. The van der Waals surface area contributed by atoms with Crippen molar-refractivity contribution >= 4 is 29.5 Å². The smallest absolute Gasteiger partial charge is 0.255 e. The number of benzene rings is 2. The van der Waals surface area contributed by atoms with Crippen molar-refractivity contribution in [2.45, 2.75) is 69.4 Å². The normalized spacial score (nSPS) is 22.1. The molecule has 4 N–H and O–H groups in total. The van der Waals surface area contributed by atoms with Crippen LogP contribution in [0.15, 0.2) is 48.5 Å². The third-order valence-corrected chi connectivity index (χ3v) is 8.74. The average molecular weight is 668 g/mol. The predicted molar refractivity (Wildman–Crippen MR) is 176 cm³/mol. The summed E-state index contributed by atoms with van der Waals surface area (Å²) in [5, 5.41) is 11.4. The topological polar surface area (TPSA) is 155 Å². The molecule has 5 amide bonds. The van der Waals surface area contributed by atoms with Gasteiger partial charge in [-0.05, 0) is 68.9 Å². The SMILES string of the molecule is C[C@H]1COc2ccccc2C(=O)N[C@H](C(=O)NCC2(c3cccc(F)c3)CCOCC2)CCC(=O)NCCCCC(=O)N(C)CC(=O)N1. The molecule has 4 rings (SSSR count). The lowest BCUT2D eigenvalue weighted by molar-refractivity contribution is -0.135. The first-order valence-corrected chi connectivity index (χ1v) is 16.5. The Morgan fingerprint density at radius 2 is 1.77 bits per heavy atom. The summed E-state index contributed by atoms with van der Waals surface area (Å²) in [6, 6.07) is 11.4. The van der Waals surface area contributed by atoms with Gasteiger partial charge in [-0.3, -0.25) is 24.0 Å². The van der Waals surface area contributed by atoms with Gasteiger partial charge in [0.2, 0.25) is 23.6 Å². The molecule has 13 heteroatoms. The molecule has 1 fully saturated rings. The summed E-state index contributed by atoms with van der Waals surface area (Å²) in [5.74, 6) is -2.00. The molecular formula is C35H46FN5O7. The van der Waals surface area contributed by atoms with Crippen LogP contribution >= 0.6 is 0 Å². The lowest BCUT2D eigenvalue weighted by Gasteiger charge is -2.38. The van der Waals surface area contributed by atoms with E-state index < -0.39 is 29.3 Å². The molecule has 0 aromatic heterocycles. The maximum absolute atomic E-state index is 14.2. The molecule has 0 aliphatic carbocycles. The molecule has 0 unspecified atom stereocenters. The van der Waals surface area contributed by atoms with Gasteiger partial charge in [-0.2, -0.15) is 0 Å². The minimum absolute atomic E-state index is 0.0227. The summed E-state index contributed by atoms with van der Waals surface area (Å²) in [5.41, 5.74) is 0.369. The monoisotopic (exact) mass is 667 g/mol. The van der Waals surface area contributed by atoms with E-state index in [1.807, 2.05) is 6.07 Å². The number of likely N-dealkylation sites (N-methyl/N-ethyl adjacent to an activating group) is 1. The minimum Gasteiger partial charge on any atom is -0.491 e. The van der Waals surface area contributed by atoms with Gasteiger partial charge in [0.1, 0.15) is 24.2 Å². The van der Waals surface area contributed by atoms with Crippen LogP contribution in [0.1, 0.15) is 67.8 Å². The number of hydrogen-bond donors (Lipinski definition) is 4. The lowest BCUT2D eigenvalue weighted by Crippen LogP contribution is -2.51. The van der Waals surface area contributed by atoms with Crippen LogP contribution in [-0.2, 0) is 29.3 Å². The van der Waals surface area contributed by atoms with Gasteiger partial charge in [0.15, 0.2) is 0 Å². The largest absolute Gasteiger partial charge is 0.491 e. The molecule has 2 aromatic rings. The first-order valence-electron chi connectivity index (χ1n) is 16.5. The van der Waals surface area contributed by atoms with Gasteiger partial charge in [0.25, 0.3) is 5.91 Å². The Labute approximate surface area is 280 Å². The van der Waals surface area contributed by atoms with Gasteiger partial charge in [0, 0.05) is 51.6 Å². The molecule has 48 heavy (non-hydrogen) atoms. The van der Waals surface area contributed by atoms with Crippen molar-refractivity contribution in [3.63, 3.8) is 0 Å². The molecule has 12 nitrogen and oxygen atoms in total. The molecule has 2 aromatic carbocycles. The molecule has 2 atom stereocenters. The molecule has 0 bridgehead atoms. The van der Waals surface area contributed by atoms with Gasteiger partial charge in [0.05, 0.1) is 18.2 Å². The zero-order valence-electron chi connectivity index (χ0n) is 27.6. The van der Waals surface area contributed by atoms with Crippen LogP contribution in [0.3, 0.4) is 0 Å². The number of nitrogens with zero attached hydrogens (tertiary/aromatic N) is 1.